The molecule has 2 aliphatic rings. The number of benzene rings is 4. The van der Waals surface area contributed by atoms with Gasteiger partial charge >= 0.3 is 0 Å². The van der Waals surface area contributed by atoms with Crippen LogP contribution < -0.4 is 10.3 Å². The van der Waals surface area contributed by atoms with Gasteiger partial charge in [0.1, 0.15) is 5.58 Å². The molecule has 6 nitrogen and oxygen atoms in total. The van der Waals surface area contributed by atoms with Crippen molar-refractivity contribution in [2.45, 2.75) is 18.6 Å². The molecular formula is C32H20Cl2N2O4. The number of hydrogen-bond acceptors (Lipinski definition) is 4. The highest BCUT2D eigenvalue weighted by Crippen LogP contribution is 2.53. The van der Waals surface area contributed by atoms with Gasteiger partial charge < -0.3 is 14.2 Å². The number of anilines is 1. The Labute approximate surface area is 239 Å². The van der Waals surface area contributed by atoms with E-state index in [2.05, 4.69) is 0 Å². The molecule has 1 aromatic heterocycles. The fourth-order valence-corrected chi connectivity index (χ4v) is 6.30. The van der Waals surface area contributed by atoms with Crippen LogP contribution in [0.4, 0.5) is 5.69 Å². The molecule has 7 rings (SSSR count). The normalized spacial score (nSPS) is 17.6. The van der Waals surface area contributed by atoms with Crippen LogP contribution in [0, 0.1) is 0 Å². The van der Waals surface area contributed by atoms with Gasteiger partial charge in [-0.25, -0.2) is 0 Å². The highest BCUT2D eigenvalue weighted by molar-refractivity contribution is 6.31. The number of halogens is 2. The maximum absolute atomic E-state index is 14.9. The van der Waals surface area contributed by atoms with Gasteiger partial charge in [-0.05, 0) is 41.5 Å². The maximum atomic E-state index is 14.9. The SMILES string of the molecule is O=C1c2oc3ccccc3c(=O)c2C2(C(=O)N(Cc3ccccc3Cl)c3ccccc32)N1Cc1ccccc1Cl. The summed E-state index contributed by atoms with van der Waals surface area (Å²) in [7, 11) is 0. The van der Waals surface area contributed by atoms with E-state index in [0.29, 0.717) is 32.2 Å². The summed E-state index contributed by atoms with van der Waals surface area (Å²) in [5.74, 6) is -1.13. The van der Waals surface area contributed by atoms with Crippen molar-refractivity contribution in [2.75, 3.05) is 4.90 Å². The third-order valence-corrected chi connectivity index (χ3v) is 8.45. The molecule has 5 aromatic rings. The van der Waals surface area contributed by atoms with Crippen LogP contribution in [0.2, 0.25) is 10.0 Å². The number of amides is 2. The molecule has 0 saturated carbocycles. The number of nitrogens with zero attached hydrogens (tertiary/aromatic N) is 2. The first kappa shape index (κ1) is 24.6. The molecule has 0 fully saturated rings. The molecule has 0 aliphatic carbocycles. The Balaban J connectivity index is 1.53. The largest absolute Gasteiger partial charge is 0.450 e. The first-order valence-electron chi connectivity index (χ1n) is 12.7. The summed E-state index contributed by atoms with van der Waals surface area (Å²) >= 11 is 13.0. The van der Waals surface area contributed by atoms with Gasteiger partial charge in [-0.3, -0.25) is 14.4 Å². The predicted molar refractivity (Wildman–Crippen MR) is 154 cm³/mol. The lowest BCUT2D eigenvalue weighted by Gasteiger charge is -2.34. The predicted octanol–water partition coefficient (Wildman–Crippen LogP) is 6.55. The summed E-state index contributed by atoms with van der Waals surface area (Å²) in [6.07, 6.45) is 0. The van der Waals surface area contributed by atoms with E-state index in [0.717, 1.165) is 5.56 Å². The summed E-state index contributed by atoms with van der Waals surface area (Å²) in [6.45, 7) is 0.137. The van der Waals surface area contributed by atoms with Crippen LogP contribution in [-0.2, 0) is 23.4 Å². The van der Waals surface area contributed by atoms with Crippen LogP contribution in [0.5, 0.6) is 0 Å². The summed E-state index contributed by atoms with van der Waals surface area (Å²) in [4.78, 5) is 46.3. The number of carbonyl (C=O) groups is 2. The van der Waals surface area contributed by atoms with Gasteiger partial charge in [0.05, 0.1) is 23.2 Å². The van der Waals surface area contributed by atoms with Crippen molar-refractivity contribution in [2.24, 2.45) is 0 Å². The van der Waals surface area contributed by atoms with Crippen LogP contribution in [0.3, 0.4) is 0 Å². The zero-order chi connectivity index (χ0) is 27.6. The highest BCUT2D eigenvalue weighted by Gasteiger charge is 2.65. The van der Waals surface area contributed by atoms with Gasteiger partial charge in [0.25, 0.3) is 11.8 Å². The molecule has 3 heterocycles. The van der Waals surface area contributed by atoms with Crippen molar-refractivity contribution in [1.29, 1.82) is 0 Å². The quantitative estimate of drug-likeness (QED) is 0.247. The van der Waals surface area contributed by atoms with Gasteiger partial charge in [-0.1, -0.05) is 89.9 Å². The van der Waals surface area contributed by atoms with Crippen molar-refractivity contribution < 1.29 is 14.0 Å². The molecule has 4 aromatic carbocycles. The molecule has 1 spiro atoms. The van der Waals surface area contributed by atoms with Crippen LogP contribution in [0.1, 0.15) is 32.8 Å². The molecule has 40 heavy (non-hydrogen) atoms. The molecule has 8 heteroatoms. The Morgan fingerprint density at radius 2 is 1.30 bits per heavy atom. The summed E-state index contributed by atoms with van der Waals surface area (Å²) in [5.41, 5.74) is 0.596. The topological polar surface area (TPSA) is 70.8 Å². The monoisotopic (exact) mass is 566 g/mol. The van der Waals surface area contributed by atoms with E-state index in [1.807, 2.05) is 36.4 Å². The minimum Gasteiger partial charge on any atom is -0.450 e. The molecule has 2 aliphatic heterocycles. The van der Waals surface area contributed by atoms with E-state index in [4.69, 9.17) is 27.6 Å². The Hall–Kier alpha value is -4.39. The Morgan fingerprint density at radius 1 is 0.700 bits per heavy atom. The second kappa shape index (κ2) is 9.08. The van der Waals surface area contributed by atoms with Crippen molar-refractivity contribution >= 4 is 51.7 Å². The van der Waals surface area contributed by atoms with E-state index < -0.39 is 22.8 Å². The van der Waals surface area contributed by atoms with Crippen molar-refractivity contribution in [3.05, 3.63) is 145 Å². The van der Waals surface area contributed by atoms with E-state index in [9.17, 15) is 14.4 Å². The third-order valence-electron chi connectivity index (χ3n) is 7.72. The van der Waals surface area contributed by atoms with Gasteiger partial charge in [-0.15, -0.1) is 0 Å². The lowest BCUT2D eigenvalue weighted by atomic mass is 9.83. The second-order valence-electron chi connectivity index (χ2n) is 9.82. The van der Waals surface area contributed by atoms with Crippen LogP contribution in [-0.4, -0.2) is 16.7 Å². The molecule has 196 valence electrons. The maximum Gasteiger partial charge on any atom is 0.291 e. The van der Waals surface area contributed by atoms with E-state index in [1.165, 1.54) is 4.90 Å². The lowest BCUT2D eigenvalue weighted by Crippen LogP contribution is -2.53. The summed E-state index contributed by atoms with van der Waals surface area (Å²) in [5, 5.41) is 1.25. The number of hydrogen-bond donors (Lipinski definition) is 0. The van der Waals surface area contributed by atoms with E-state index in [1.54, 1.807) is 65.6 Å². The first-order valence-corrected chi connectivity index (χ1v) is 13.4. The fourth-order valence-electron chi connectivity index (χ4n) is 5.91. The Morgan fingerprint density at radius 3 is 2.02 bits per heavy atom. The zero-order valence-electron chi connectivity index (χ0n) is 20.9. The van der Waals surface area contributed by atoms with Crippen LogP contribution in [0.25, 0.3) is 11.0 Å². The second-order valence-corrected chi connectivity index (χ2v) is 10.6. The average molecular weight is 567 g/mol. The van der Waals surface area contributed by atoms with E-state index >= 15 is 0 Å². The Kier molecular flexibility index (Phi) is 5.59. The third kappa shape index (κ3) is 3.33. The molecule has 2 amide bonds. The van der Waals surface area contributed by atoms with Gasteiger partial charge in [-0.2, -0.15) is 0 Å². The van der Waals surface area contributed by atoms with Crippen LogP contribution in [0.15, 0.2) is 106 Å². The minimum atomic E-state index is -1.76. The lowest BCUT2D eigenvalue weighted by molar-refractivity contribution is -0.126. The van der Waals surface area contributed by atoms with Gasteiger partial charge in [0.2, 0.25) is 5.76 Å². The molecule has 1 atom stereocenters. The number of rotatable bonds is 4. The van der Waals surface area contributed by atoms with Crippen molar-refractivity contribution in [3.63, 3.8) is 0 Å². The molecule has 0 saturated heterocycles. The first-order chi connectivity index (χ1) is 19.4. The van der Waals surface area contributed by atoms with Gasteiger partial charge in [0, 0.05) is 22.2 Å². The molecule has 0 N–H and O–H groups in total. The molecule has 0 bridgehead atoms. The van der Waals surface area contributed by atoms with Gasteiger partial charge in [0.15, 0.2) is 11.0 Å². The van der Waals surface area contributed by atoms with E-state index in [-0.39, 0.29) is 30.0 Å². The number of carbonyl (C=O) groups excluding carboxylic acids is 2. The summed E-state index contributed by atoms with van der Waals surface area (Å²) < 4.78 is 6.10. The molecule has 1 unspecified atom stereocenters. The summed E-state index contributed by atoms with van der Waals surface area (Å²) in [6, 6.07) is 28.4. The fraction of sp³-hybridized carbons (Fsp3) is 0.0938. The smallest absolute Gasteiger partial charge is 0.291 e. The average Bonchev–Trinajstić information content (AvgIpc) is 3.36. The van der Waals surface area contributed by atoms with Crippen molar-refractivity contribution in [3.8, 4) is 0 Å². The zero-order valence-corrected chi connectivity index (χ0v) is 22.4. The standard InChI is InChI=1S/C32H20Cl2N2O4/c33-23-13-5-1-9-19(23)17-35-25-15-7-4-12-22(25)32(31(35)39)27-28(37)21-11-3-8-16-26(21)40-29(27)30(38)36(32)18-20-10-2-6-14-24(20)34/h1-16H,17-18H2. The molecular weight excluding hydrogens is 547 g/mol. The molecule has 0 radical (unpaired) electrons. The highest BCUT2D eigenvalue weighted by atomic mass is 35.5. The number of para-hydroxylation sites is 2. The Bertz CT molecular complexity index is 1930. The van der Waals surface area contributed by atoms with Crippen molar-refractivity contribution in [1.82, 2.24) is 4.90 Å². The minimum absolute atomic E-state index is 0.0154. The number of fused-ring (bicyclic) bond motifs is 5. The van der Waals surface area contributed by atoms with Crippen LogP contribution >= 0.6 is 23.2 Å².